The first-order valence-corrected chi connectivity index (χ1v) is 9.34. The molecule has 3 rings (SSSR count). The van der Waals surface area contributed by atoms with Crippen LogP contribution >= 0.6 is 22.9 Å². The summed E-state index contributed by atoms with van der Waals surface area (Å²) in [5.74, 6) is -0.203. The van der Waals surface area contributed by atoms with Gasteiger partial charge >= 0.3 is 0 Å². The highest BCUT2D eigenvalue weighted by atomic mass is 35.5. The first-order valence-electron chi connectivity index (χ1n) is 8.14. The van der Waals surface area contributed by atoms with Crippen molar-refractivity contribution in [1.29, 1.82) is 0 Å². The number of carbonyl (C=O) groups is 1. The van der Waals surface area contributed by atoms with Gasteiger partial charge in [0.25, 0.3) is 5.91 Å². The van der Waals surface area contributed by atoms with Crippen molar-refractivity contribution in [3.63, 3.8) is 0 Å². The van der Waals surface area contributed by atoms with E-state index in [2.05, 4.69) is 20.3 Å². The van der Waals surface area contributed by atoms with Crippen molar-refractivity contribution in [2.24, 2.45) is 0 Å². The van der Waals surface area contributed by atoms with E-state index >= 15 is 0 Å². The lowest BCUT2D eigenvalue weighted by Crippen LogP contribution is -2.20. The summed E-state index contributed by atoms with van der Waals surface area (Å²) < 4.78 is 1.84. The van der Waals surface area contributed by atoms with Crippen LogP contribution in [0.1, 0.15) is 16.1 Å². The number of thiazole rings is 1. The molecule has 136 valence electrons. The maximum atomic E-state index is 12.6. The third-order valence-corrected chi connectivity index (χ3v) is 5.14. The standard InChI is InChI=1S/C18H20ClN5OS/c1-12-15(10-21-24(12)8-7-23(2)3)17(25)22-18-20-11-16(26-18)13-5-4-6-14(19)9-13/h4-6,9-11H,7-8H2,1-3H3,(H,20,22,25). The van der Waals surface area contributed by atoms with Crippen LogP contribution in [-0.4, -0.2) is 46.2 Å². The van der Waals surface area contributed by atoms with Crippen LogP contribution in [0.2, 0.25) is 5.02 Å². The molecule has 1 N–H and O–H groups in total. The zero-order valence-corrected chi connectivity index (χ0v) is 16.4. The summed E-state index contributed by atoms with van der Waals surface area (Å²) in [6.07, 6.45) is 3.34. The minimum atomic E-state index is -0.203. The highest BCUT2D eigenvalue weighted by Gasteiger charge is 2.16. The molecule has 0 atom stereocenters. The van der Waals surface area contributed by atoms with E-state index in [1.165, 1.54) is 11.3 Å². The van der Waals surface area contributed by atoms with Crippen molar-refractivity contribution in [1.82, 2.24) is 19.7 Å². The van der Waals surface area contributed by atoms with Gasteiger partial charge in [-0.15, -0.1) is 0 Å². The minimum Gasteiger partial charge on any atom is -0.308 e. The second-order valence-corrected chi connectivity index (χ2v) is 7.63. The summed E-state index contributed by atoms with van der Waals surface area (Å²) in [7, 11) is 4.01. The molecule has 0 saturated carbocycles. The number of carbonyl (C=O) groups excluding carboxylic acids is 1. The van der Waals surface area contributed by atoms with Crippen LogP contribution in [0, 0.1) is 6.92 Å². The summed E-state index contributed by atoms with van der Waals surface area (Å²) in [6.45, 7) is 3.50. The second kappa shape index (κ2) is 7.99. The highest BCUT2D eigenvalue weighted by Crippen LogP contribution is 2.30. The van der Waals surface area contributed by atoms with Gasteiger partial charge in [-0.3, -0.25) is 14.8 Å². The van der Waals surface area contributed by atoms with Crippen molar-refractivity contribution in [2.45, 2.75) is 13.5 Å². The number of hydrogen-bond acceptors (Lipinski definition) is 5. The fourth-order valence-corrected chi connectivity index (χ4v) is 3.46. The van der Waals surface area contributed by atoms with E-state index in [0.29, 0.717) is 15.7 Å². The predicted octanol–water partition coefficient (Wildman–Crippen LogP) is 3.78. The van der Waals surface area contributed by atoms with Gasteiger partial charge in [0, 0.05) is 23.5 Å². The Morgan fingerprint density at radius 3 is 2.88 bits per heavy atom. The Kier molecular flexibility index (Phi) is 5.70. The molecule has 2 aromatic heterocycles. The first kappa shape index (κ1) is 18.6. The maximum Gasteiger partial charge on any atom is 0.260 e. The molecule has 0 bridgehead atoms. The number of nitrogens with one attached hydrogen (secondary N) is 1. The lowest BCUT2D eigenvalue weighted by Gasteiger charge is -2.10. The molecule has 1 aromatic carbocycles. The number of benzene rings is 1. The number of hydrogen-bond donors (Lipinski definition) is 1. The van der Waals surface area contributed by atoms with Crippen molar-refractivity contribution in [3.05, 3.63) is 52.9 Å². The topological polar surface area (TPSA) is 63.1 Å². The molecule has 26 heavy (non-hydrogen) atoms. The molecule has 0 aliphatic heterocycles. The van der Waals surface area contributed by atoms with Gasteiger partial charge in [-0.05, 0) is 38.7 Å². The summed E-state index contributed by atoms with van der Waals surface area (Å²) >= 11 is 7.44. The number of halogens is 1. The van der Waals surface area contributed by atoms with Gasteiger partial charge in [0.05, 0.1) is 23.2 Å². The zero-order valence-electron chi connectivity index (χ0n) is 14.9. The summed E-state index contributed by atoms with van der Waals surface area (Å²) in [4.78, 5) is 19.9. The van der Waals surface area contributed by atoms with Crippen LogP contribution in [-0.2, 0) is 6.54 Å². The lowest BCUT2D eigenvalue weighted by molar-refractivity contribution is 0.102. The lowest BCUT2D eigenvalue weighted by atomic mass is 10.2. The molecule has 0 saturated heterocycles. The Bertz CT molecular complexity index is 918. The molecule has 0 aliphatic rings. The van der Waals surface area contributed by atoms with E-state index in [4.69, 9.17) is 11.6 Å². The molecule has 6 nitrogen and oxygen atoms in total. The number of amides is 1. The number of aromatic nitrogens is 3. The first-order chi connectivity index (χ1) is 12.4. The second-order valence-electron chi connectivity index (χ2n) is 6.16. The number of rotatable bonds is 6. The monoisotopic (exact) mass is 389 g/mol. The van der Waals surface area contributed by atoms with Gasteiger partial charge < -0.3 is 4.90 Å². The van der Waals surface area contributed by atoms with Crippen LogP contribution < -0.4 is 5.32 Å². The summed E-state index contributed by atoms with van der Waals surface area (Å²) in [5, 5.41) is 8.38. The molecule has 3 aromatic rings. The van der Waals surface area contributed by atoms with Crippen LogP contribution in [0.25, 0.3) is 10.4 Å². The Morgan fingerprint density at radius 1 is 1.35 bits per heavy atom. The normalized spacial score (nSPS) is 11.1. The SMILES string of the molecule is Cc1c(C(=O)Nc2ncc(-c3cccc(Cl)c3)s2)cnn1CCN(C)C. The van der Waals surface area contributed by atoms with E-state index in [9.17, 15) is 4.79 Å². The largest absolute Gasteiger partial charge is 0.308 e. The Balaban J connectivity index is 1.71. The van der Waals surface area contributed by atoms with E-state index in [0.717, 1.165) is 29.2 Å². The average molecular weight is 390 g/mol. The molecular formula is C18H20ClN5OS. The van der Waals surface area contributed by atoms with Gasteiger partial charge in [-0.25, -0.2) is 4.98 Å². The van der Waals surface area contributed by atoms with E-state index in [-0.39, 0.29) is 5.91 Å². The number of anilines is 1. The minimum absolute atomic E-state index is 0.203. The summed E-state index contributed by atoms with van der Waals surface area (Å²) in [5.41, 5.74) is 2.38. The molecule has 0 aliphatic carbocycles. The Hall–Kier alpha value is -2.22. The van der Waals surface area contributed by atoms with Crippen LogP contribution in [0.5, 0.6) is 0 Å². The quantitative estimate of drug-likeness (QED) is 0.696. The predicted molar refractivity (Wildman–Crippen MR) is 106 cm³/mol. The molecule has 0 fully saturated rings. The van der Waals surface area contributed by atoms with Gasteiger partial charge in [0.2, 0.25) is 0 Å². The van der Waals surface area contributed by atoms with Crippen LogP contribution in [0.15, 0.2) is 36.7 Å². The fraction of sp³-hybridized carbons (Fsp3) is 0.278. The Morgan fingerprint density at radius 2 is 2.15 bits per heavy atom. The van der Waals surface area contributed by atoms with Crippen molar-refractivity contribution < 1.29 is 4.79 Å². The van der Waals surface area contributed by atoms with Gasteiger partial charge in [0.1, 0.15) is 0 Å². The molecule has 2 heterocycles. The van der Waals surface area contributed by atoms with Crippen molar-refractivity contribution >= 4 is 34.0 Å². The molecule has 1 amide bonds. The third kappa shape index (κ3) is 4.30. The van der Waals surface area contributed by atoms with Crippen molar-refractivity contribution in [2.75, 3.05) is 26.0 Å². The zero-order chi connectivity index (χ0) is 18.7. The summed E-state index contributed by atoms with van der Waals surface area (Å²) in [6, 6.07) is 7.55. The van der Waals surface area contributed by atoms with Crippen LogP contribution in [0.4, 0.5) is 5.13 Å². The van der Waals surface area contributed by atoms with Gasteiger partial charge in [-0.2, -0.15) is 5.10 Å². The van der Waals surface area contributed by atoms with Crippen LogP contribution in [0.3, 0.4) is 0 Å². The van der Waals surface area contributed by atoms with Crippen molar-refractivity contribution in [3.8, 4) is 10.4 Å². The van der Waals surface area contributed by atoms with Gasteiger partial charge in [-0.1, -0.05) is 35.1 Å². The van der Waals surface area contributed by atoms with E-state index in [1.807, 2.05) is 50.0 Å². The molecule has 0 unspecified atom stereocenters. The smallest absolute Gasteiger partial charge is 0.260 e. The third-order valence-electron chi connectivity index (χ3n) is 3.94. The van der Waals surface area contributed by atoms with Gasteiger partial charge in [0.15, 0.2) is 5.13 Å². The highest BCUT2D eigenvalue weighted by molar-refractivity contribution is 7.19. The number of nitrogens with zero attached hydrogens (tertiary/aromatic N) is 4. The number of likely N-dealkylation sites (N-methyl/N-ethyl adjacent to an activating group) is 1. The van der Waals surface area contributed by atoms with E-state index < -0.39 is 0 Å². The average Bonchev–Trinajstić information content (AvgIpc) is 3.20. The maximum absolute atomic E-state index is 12.6. The molecule has 0 radical (unpaired) electrons. The fourth-order valence-electron chi connectivity index (χ4n) is 2.46. The van der Waals surface area contributed by atoms with E-state index in [1.54, 1.807) is 12.4 Å². The molecular weight excluding hydrogens is 370 g/mol. The molecule has 8 heteroatoms. The Labute approximate surface area is 161 Å². The molecule has 0 spiro atoms.